The van der Waals surface area contributed by atoms with Crippen LogP contribution in [0.2, 0.25) is 0 Å². The molecule has 0 spiro atoms. The van der Waals surface area contributed by atoms with E-state index >= 15 is 0 Å². The number of rotatable bonds is 4. The lowest BCUT2D eigenvalue weighted by Gasteiger charge is -2.35. The van der Waals surface area contributed by atoms with Crippen molar-refractivity contribution in [3.8, 4) is 0 Å². The average molecular weight is 233 g/mol. The number of nitrogens with zero attached hydrogens (tertiary/aromatic N) is 3. The van der Waals surface area contributed by atoms with Gasteiger partial charge in [-0.2, -0.15) is 5.10 Å². The Balaban J connectivity index is 1.98. The van der Waals surface area contributed by atoms with E-state index in [-0.39, 0.29) is 0 Å². The fourth-order valence-electron chi connectivity index (χ4n) is 2.60. The van der Waals surface area contributed by atoms with Crippen LogP contribution in [0.15, 0.2) is 24.5 Å². The van der Waals surface area contributed by atoms with Gasteiger partial charge in [0.15, 0.2) is 0 Å². The Labute approximate surface area is 104 Å². The van der Waals surface area contributed by atoms with Crippen molar-refractivity contribution in [2.75, 3.05) is 13.1 Å². The van der Waals surface area contributed by atoms with Crippen LogP contribution in [0.1, 0.15) is 31.7 Å². The van der Waals surface area contributed by atoms with Crippen molar-refractivity contribution in [2.24, 2.45) is 0 Å². The number of hydrogen-bond donors (Lipinski definition) is 0. The van der Waals surface area contributed by atoms with Crippen molar-refractivity contribution in [3.63, 3.8) is 0 Å². The molecule has 0 radical (unpaired) electrons. The van der Waals surface area contributed by atoms with Gasteiger partial charge in [-0.25, -0.2) is 0 Å². The Kier molecular flexibility index (Phi) is 4.00. The molecule has 0 saturated carbocycles. The lowest BCUT2D eigenvalue weighted by Crippen LogP contribution is -2.42. The van der Waals surface area contributed by atoms with E-state index in [1.165, 1.54) is 36.9 Å². The van der Waals surface area contributed by atoms with Gasteiger partial charge in [0.2, 0.25) is 0 Å². The Morgan fingerprint density at radius 1 is 1.53 bits per heavy atom. The molecule has 1 fully saturated rings. The summed E-state index contributed by atoms with van der Waals surface area (Å²) >= 11 is 0. The van der Waals surface area contributed by atoms with Crippen LogP contribution in [0.5, 0.6) is 0 Å². The fourth-order valence-corrected chi connectivity index (χ4v) is 2.60. The highest BCUT2D eigenvalue weighted by molar-refractivity contribution is 5.00. The number of likely N-dealkylation sites (tertiary alicyclic amines) is 1. The molecule has 1 atom stereocenters. The number of aryl methyl sites for hydroxylation is 1. The minimum absolute atomic E-state index is 0.625. The molecule has 1 aromatic rings. The highest BCUT2D eigenvalue weighted by Gasteiger charge is 2.22. The van der Waals surface area contributed by atoms with E-state index in [0.29, 0.717) is 6.04 Å². The second-order valence-corrected chi connectivity index (χ2v) is 5.32. The van der Waals surface area contributed by atoms with E-state index in [1.807, 2.05) is 6.20 Å². The molecule has 2 rings (SSSR count). The zero-order chi connectivity index (χ0) is 12.3. The average Bonchev–Trinajstić information content (AvgIpc) is 2.66. The number of hydrogen-bond acceptors (Lipinski definition) is 2. The molecular weight excluding hydrogens is 210 g/mol. The van der Waals surface area contributed by atoms with Crippen LogP contribution < -0.4 is 0 Å². The molecule has 0 amide bonds. The summed E-state index contributed by atoms with van der Waals surface area (Å²) in [6.07, 6.45) is 8.02. The van der Waals surface area contributed by atoms with Gasteiger partial charge in [0.05, 0.1) is 12.7 Å². The van der Waals surface area contributed by atoms with E-state index in [9.17, 15) is 0 Å². The smallest absolute Gasteiger partial charge is 0.0565 e. The maximum absolute atomic E-state index is 4.39. The fraction of sp³-hybridized carbons (Fsp3) is 0.643. The molecule has 1 saturated heterocycles. The first-order chi connectivity index (χ1) is 8.15. The summed E-state index contributed by atoms with van der Waals surface area (Å²) in [5, 5.41) is 4.39. The van der Waals surface area contributed by atoms with Crippen LogP contribution in [0, 0.1) is 6.92 Å². The van der Waals surface area contributed by atoms with Gasteiger partial charge < -0.3 is 0 Å². The Morgan fingerprint density at radius 2 is 2.35 bits per heavy atom. The molecule has 0 aromatic carbocycles. The molecule has 3 heteroatoms. The molecule has 94 valence electrons. The standard InChI is InChI=1S/C14H23N3/c1-12(2)9-16-7-5-4-6-14(16)11-17-10-13(3)8-15-17/h8,10,14H,1,4-7,9,11H2,2-3H3/t14-/m1/s1. The summed E-state index contributed by atoms with van der Waals surface area (Å²) in [7, 11) is 0. The first-order valence-corrected chi connectivity index (χ1v) is 6.52. The largest absolute Gasteiger partial charge is 0.295 e. The third-order valence-corrected chi connectivity index (χ3v) is 3.38. The second-order valence-electron chi connectivity index (χ2n) is 5.32. The third-order valence-electron chi connectivity index (χ3n) is 3.38. The van der Waals surface area contributed by atoms with Crippen molar-refractivity contribution in [1.82, 2.24) is 14.7 Å². The zero-order valence-electron chi connectivity index (χ0n) is 11.0. The summed E-state index contributed by atoms with van der Waals surface area (Å²) < 4.78 is 2.08. The second kappa shape index (κ2) is 5.50. The predicted octanol–water partition coefficient (Wildman–Crippen LogP) is 2.62. The van der Waals surface area contributed by atoms with Crippen molar-refractivity contribution < 1.29 is 0 Å². The normalized spacial score (nSPS) is 21.6. The minimum Gasteiger partial charge on any atom is -0.295 e. The molecular formula is C14H23N3. The van der Waals surface area contributed by atoms with E-state index in [1.54, 1.807) is 0 Å². The number of aromatic nitrogens is 2. The first-order valence-electron chi connectivity index (χ1n) is 6.52. The lowest BCUT2D eigenvalue weighted by molar-refractivity contribution is 0.141. The van der Waals surface area contributed by atoms with Gasteiger partial charge in [-0.05, 0) is 38.8 Å². The van der Waals surface area contributed by atoms with Gasteiger partial charge in [-0.3, -0.25) is 9.58 Å². The molecule has 17 heavy (non-hydrogen) atoms. The maximum atomic E-state index is 4.39. The molecule has 1 aliphatic rings. The lowest BCUT2D eigenvalue weighted by atomic mass is 10.0. The maximum Gasteiger partial charge on any atom is 0.0565 e. The molecule has 0 bridgehead atoms. The molecule has 0 aliphatic carbocycles. The SMILES string of the molecule is C=C(C)CN1CCCC[C@@H]1Cn1cc(C)cn1. The van der Waals surface area contributed by atoms with Crippen molar-refractivity contribution in [1.29, 1.82) is 0 Å². The summed E-state index contributed by atoms with van der Waals surface area (Å²) in [4.78, 5) is 2.56. The van der Waals surface area contributed by atoms with Crippen molar-refractivity contribution >= 4 is 0 Å². The van der Waals surface area contributed by atoms with E-state index < -0.39 is 0 Å². The topological polar surface area (TPSA) is 21.1 Å². The van der Waals surface area contributed by atoms with Gasteiger partial charge in [0.1, 0.15) is 0 Å². The minimum atomic E-state index is 0.625. The highest BCUT2D eigenvalue weighted by Crippen LogP contribution is 2.19. The van der Waals surface area contributed by atoms with Crippen LogP contribution in [-0.2, 0) is 6.54 Å². The van der Waals surface area contributed by atoms with E-state index in [0.717, 1.165) is 13.1 Å². The quantitative estimate of drug-likeness (QED) is 0.745. The predicted molar refractivity (Wildman–Crippen MR) is 71.0 cm³/mol. The first kappa shape index (κ1) is 12.4. The van der Waals surface area contributed by atoms with E-state index in [2.05, 4.69) is 41.3 Å². The monoisotopic (exact) mass is 233 g/mol. The molecule has 0 unspecified atom stereocenters. The Hall–Kier alpha value is -1.09. The van der Waals surface area contributed by atoms with Gasteiger partial charge in [-0.15, -0.1) is 0 Å². The van der Waals surface area contributed by atoms with Crippen LogP contribution in [-0.4, -0.2) is 33.8 Å². The van der Waals surface area contributed by atoms with Gasteiger partial charge in [-0.1, -0.05) is 18.6 Å². The molecule has 1 aromatic heterocycles. The number of piperidine rings is 1. The van der Waals surface area contributed by atoms with Gasteiger partial charge >= 0.3 is 0 Å². The summed E-state index contributed by atoms with van der Waals surface area (Å²) in [6.45, 7) is 11.5. The van der Waals surface area contributed by atoms with Gasteiger partial charge in [0.25, 0.3) is 0 Å². The Morgan fingerprint density at radius 3 is 3.00 bits per heavy atom. The van der Waals surface area contributed by atoms with Crippen molar-refractivity contribution in [3.05, 3.63) is 30.1 Å². The molecule has 3 nitrogen and oxygen atoms in total. The van der Waals surface area contributed by atoms with Crippen LogP contribution in [0.25, 0.3) is 0 Å². The third kappa shape index (κ3) is 3.43. The molecule has 2 heterocycles. The highest BCUT2D eigenvalue weighted by atomic mass is 15.3. The summed E-state index contributed by atoms with van der Waals surface area (Å²) in [5.74, 6) is 0. The Bertz CT molecular complexity index is 381. The molecule has 1 aliphatic heterocycles. The molecule has 0 N–H and O–H groups in total. The summed E-state index contributed by atoms with van der Waals surface area (Å²) in [5.41, 5.74) is 2.50. The zero-order valence-corrected chi connectivity index (χ0v) is 11.0. The van der Waals surface area contributed by atoms with E-state index in [4.69, 9.17) is 0 Å². The van der Waals surface area contributed by atoms with Gasteiger partial charge in [0, 0.05) is 18.8 Å². The van der Waals surface area contributed by atoms with Crippen LogP contribution in [0.4, 0.5) is 0 Å². The van der Waals surface area contributed by atoms with Crippen LogP contribution >= 0.6 is 0 Å². The summed E-state index contributed by atoms with van der Waals surface area (Å²) in [6, 6.07) is 0.625. The van der Waals surface area contributed by atoms with Crippen molar-refractivity contribution in [2.45, 2.75) is 45.7 Å². The van der Waals surface area contributed by atoms with Crippen LogP contribution in [0.3, 0.4) is 0 Å².